The summed E-state index contributed by atoms with van der Waals surface area (Å²) in [4.78, 5) is 51.5. The summed E-state index contributed by atoms with van der Waals surface area (Å²) in [6.45, 7) is 44.6. The van der Waals surface area contributed by atoms with Gasteiger partial charge in [0.25, 0.3) is 0 Å². The van der Waals surface area contributed by atoms with Crippen LogP contribution in [0, 0.1) is 22.7 Å². The van der Waals surface area contributed by atoms with E-state index in [1.165, 1.54) is 114 Å². The Morgan fingerprint density at radius 1 is 0.361 bits per heavy atom. The van der Waals surface area contributed by atoms with Crippen molar-refractivity contribution in [3.63, 3.8) is 0 Å². The van der Waals surface area contributed by atoms with Gasteiger partial charge in [-0.25, -0.2) is 19.9 Å². The number of benzene rings is 4. The molecule has 0 aliphatic rings. The van der Waals surface area contributed by atoms with Gasteiger partial charge in [0.2, 0.25) is 0 Å². The number of carbonyl (C=O) groups is 2. The summed E-state index contributed by atoms with van der Waals surface area (Å²) in [6, 6.07) is 15.5. The van der Waals surface area contributed by atoms with E-state index in [1.807, 2.05) is 36.4 Å². The number of rotatable bonds is 50. The molecule has 2 unspecified atom stereocenters. The van der Waals surface area contributed by atoms with Gasteiger partial charge in [-0.2, -0.15) is 22.1 Å². The Labute approximate surface area is 841 Å². The number of fused-ring (bicyclic) bond motifs is 4. The summed E-state index contributed by atoms with van der Waals surface area (Å²) < 4.78 is 275. The van der Waals surface area contributed by atoms with Crippen molar-refractivity contribution in [1.29, 1.82) is 0 Å². The molecule has 0 amide bonds. The fraction of sp³-hybridized carbons (Fsp3) is 0.659. The monoisotopic (exact) mass is 2260 g/mol. The zero-order valence-corrected chi connectivity index (χ0v) is 91.8. The third kappa shape index (κ3) is 68.7. The number of halogens is 24. The van der Waals surface area contributed by atoms with E-state index in [-0.39, 0.29) is 38.5 Å². The Bertz CT molecular complexity index is 5140. The van der Waals surface area contributed by atoms with Gasteiger partial charge in [-0.05, 0) is 159 Å². The molecule has 8 rings (SSSR count). The van der Waals surface area contributed by atoms with Crippen LogP contribution in [-0.2, 0) is 19.1 Å². The molecule has 8 aromatic rings. The van der Waals surface area contributed by atoms with E-state index in [9.17, 15) is 110 Å². The zero-order chi connectivity index (χ0) is 111. The Hall–Kier alpha value is -7.78. The molecule has 0 fully saturated rings. The van der Waals surface area contributed by atoms with E-state index >= 15 is 0 Å². The van der Waals surface area contributed by atoms with Crippen molar-refractivity contribution in [2.24, 2.45) is 43.1 Å². The molecule has 4 heterocycles. The Balaban J connectivity index is 0.000000883. The van der Waals surface area contributed by atoms with Gasteiger partial charge in [-0.3, -0.25) is 9.59 Å². The number of unbranched alkanes of at least 4 members (excludes halogenated alkanes) is 11. The number of hydrogen-bond donors (Lipinski definition) is 4. The van der Waals surface area contributed by atoms with Gasteiger partial charge in [0.05, 0.1) is 79.5 Å². The molecule has 0 aliphatic heterocycles. The van der Waals surface area contributed by atoms with Crippen LogP contribution in [0.15, 0.2) is 69.0 Å². The zero-order valence-electron chi connectivity index (χ0n) is 85.0. The minimum absolute atomic E-state index is 0.0465. The summed E-state index contributed by atoms with van der Waals surface area (Å²) >= 11 is 6.39. The molecule has 0 spiro atoms. The summed E-state index contributed by atoms with van der Waals surface area (Å²) in [5, 5.41) is 19.3. The standard InChI is InChI=1S/C29H50N4OS.C22H36N4OS.C20H28N4O5S.C17H26N4OS.4F6P/c1-7-8-9-10-11-12-13-14-15-16-18-33(6)28-31-25-20-26(24(32-30)21-27(25)35-28)34-19-17-23(2)22-29(3,4)5;1-7-9-11-26(8-2)21-24-18-13-19(17(25-23)14-20(18)28-21)27-12-10-16(3)15-22(4,5)6;1-5-13(6-2)29-16-9-15-17(10-14(16)23-21)30-20(22-15)24(11-18(25)27-7-3)12-19(26)28-8-4;1-5-8-9-21(4)17-19-14-10-15(22-12(6-2)7-3)13(20-18)11-16(14)23-17;4*1-7(2,3,4,5)6/h20-21,23,30H,7-19,22H2,1-6H3;13-14,16,23H,7-12,15H2,1-6H3;9-10,13,21H,5-8,11-12H2,1-4H3;10-12,18H,5-9H2,1-4H3;;;;/q;;;;4*-1/p+4. The average Bonchev–Trinajstić information content (AvgIpc) is 1.80. The third-order valence-corrected chi connectivity index (χ3v) is 24.2. The first kappa shape index (κ1) is 134. The number of thiazole rings is 4. The van der Waals surface area contributed by atoms with E-state index in [2.05, 4.69) is 165 Å². The topological polar surface area (TPSA) is 306 Å². The van der Waals surface area contributed by atoms with Crippen LogP contribution in [0.4, 0.5) is 144 Å². The molecule has 0 saturated heterocycles. The van der Waals surface area contributed by atoms with Crippen LogP contribution in [-0.4, -0.2) is 124 Å². The molecule has 0 aliphatic carbocycles. The third-order valence-electron chi connectivity index (χ3n) is 19.8. The Kier molecular flexibility index (Phi) is 50.4. The second-order valence-electron chi connectivity index (χ2n) is 36.4. The second-order valence-corrected chi connectivity index (χ2v) is 48.1. The molecule has 0 saturated carbocycles. The van der Waals surface area contributed by atoms with Crippen LogP contribution < -0.4 is 60.7 Å². The van der Waals surface area contributed by atoms with Gasteiger partial charge in [-0.1, -0.05) is 220 Å². The first-order valence-corrected chi connectivity index (χ1v) is 58.3. The van der Waals surface area contributed by atoms with Gasteiger partial charge < -0.3 is 48.0 Å². The number of esters is 2. The van der Waals surface area contributed by atoms with Crippen molar-refractivity contribution in [2.45, 2.75) is 278 Å². The summed E-state index contributed by atoms with van der Waals surface area (Å²) in [5.41, 5.74) is 29.3. The maximum absolute atomic E-state index is 12.0. The molecule has 2 atom stereocenters. The maximum atomic E-state index is 12.0. The molecular formula is C88H144F24N16O8P4S4. The number of nitrogens with zero attached hydrogens (tertiary/aromatic N) is 12. The van der Waals surface area contributed by atoms with E-state index < -0.39 is 43.2 Å². The molecule has 0 radical (unpaired) electrons. The van der Waals surface area contributed by atoms with Crippen LogP contribution in [0.3, 0.4) is 0 Å². The van der Waals surface area contributed by atoms with Crippen molar-refractivity contribution in [3.05, 3.63) is 48.5 Å². The first-order valence-electron chi connectivity index (χ1n) is 46.9. The SMILES string of the molecule is CCCCCCCCCCCCN(C)c1nc2cc(OCCC(C)CC(C)(C)C)c(N=[NH2+])cc2s1.CCCCN(C)c1nc2cc(OC(CC)CC)c(N=[NH2+])cc2s1.CCCCN(CC)c1nc2cc(OCCC(C)CC(C)(C)C)c(N=[NH2+])cc2s1.CCOC(=O)CN(CC(=O)OCC)c1nc2cc(OC(CC)CC)c(N=[NH2+])cc2s1.F[P-](F)(F)(F)(F)F.F[P-](F)(F)(F)(F)F.F[P-](F)(F)(F)(F)F.F[P-](F)(F)(F)(F)F. The van der Waals surface area contributed by atoms with E-state index in [0.29, 0.717) is 75.0 Å². The van der Waals surface area contributed by atoms with Crippen LogP contribution in [0.5, 0.6) is 23.0 Å². The molecule has 836 valence electrons. The van der Waals surface area contributed by atoms with Gasteiger partial charge in [0.15, 0.2) is 66.3 Å². The number of carbonyl (C=O) groups excluding carboxylic acids is 2. The quantitative estimate of drug-likeness (QED) is 0.00905. The molecule has 144 heavy (non-hydrogen) atoms. The van der Waals surface area contributed by atoms with Crippen LogP contribution in [0.25, 0.3) is 40.9 Å². The number of ether oxygens (including phenoxy) is 6. The summed E-state index contributed by atoms with van der Waals surface area (Å²) in [7, 11) is -38.4. The molecule has 4 aromatic heterocycles. The summed E-state index contributed by atoms with van der Waals surface area (Å²) in [5.74, 6) is 3.07. The van der Waals surface area contributed by atoms with Crippen molar-refractivity contribution < 1.29 is 161 Å². The van der Waals surface area contributed by atoms with Gasteiger partial charge in [-0.15, -0.1) is 0 Å². The van der Waals surface area contributed by atoms with Crippen LogP contribution in [0.1, 0.15) is 266 Å². The number of hydrogen-bond acceptors (Lipinski definition) is 24. The molecule has 24 nitrogen and oxygen atoms in total. The molecule has 8 N–H and O–H groups in total. The normalized spacial score (nSPS) is 14.2. The van der Waals surface area contributed by atoms with E-state index in [4.69, 9.17) is 65.5 Å². The summed E-state index contributed by atoms with van der Waals surface area (Å²) in [6.07, 6.45) is 26.5. The molecule has 56 heteroatoms. The Morgan fingerprint density at radius 2 is 0.611 bits per heavy atom. The van der Waals surface area contributed by atoms with Crippen molar-refractivity contribution in [2.75, 3.05) is 99.4 Å². The number of aromatic nitrogens is 4. The average molecular weight is 2260 g/mol. The molecule has 4 aromatic carbocycles. The van der Waals surface area contributed by atoms with Crippen LogP contribution in [0.2, 0.25) is 0 Å². The van der Waals surface area contributed by atoms with Crippen molar-refractivity contribution in [3.8, 4) is 23.0 Å². The first-order chi connectivity index (χ1) is 65.4. The van der Waals surface area contributed by atoms with E-state index in [0.717, 1.165) is 133 Å². The Morgan fingerprint density at radius 3 is 0.882 bits per heavy atom. The fourth-order valence-electron chi connectivity index (χ4n) is 13.5. The minimum atomic E-state index is -10.7. The van der Waals surface area contributed by atoms with Gasteiger partial charge in [0.1, 0.15) is 13.1 Å². The van der Waals surface area contributed by atoms with Gasteiger partial charge in [0, 0.05) is 64.5 Å². The van der Waals surface area contributed by atoms with Gasteiger partial charge >= 0.3 is 144 Å². The predicted octanol–water partition coefficient (Wildman–Crippen LogP) is 34.1. The number of anilines is 4. The van der Waals surface area contributed by atoms with E-state index in [1.54, 1.807) is 64.9 Å². The predicted molar refractivity (Wildman–Crippen MR) is 537 cm³/mol. The van der Waals surface area contributed by atoms with Crippen molar-refractivity contribution in [1.82, 2.24) is 19.9 Å². The number of nitrogens with two attached hydrogens (primary N) is 4. The molecular weight excluding hydrogens is 2120 g/mol. The fourth-order valence-corrected chi connectivity index (χ4v) is 17.5. The van der Waals surface area contributed by atoms with Crippen molar-refractivity contribution >= 4 is 173 Å². The molecule has 0 bridgehead atoms. The second kappa shape index (κ2) is 54.1. The van der Waals surface area contributed by atoms with Crippen LogP contribution >= 0.6 is 76.6 Å².